The molecule has 0 saturated heterocycles. The summed E-state index contributed by atoms with van der Waals surface area (Å²) < 4.78 is 4.23. The number of hydrogen-bond donors (Lipinski definition) is 3. The zero-order valence-electron chi connectivity index (χ0n) is 9.31. The predicted molar refractivity (Wildman–Crippen MR) is 58.3 cm³/mol. The van der Waals surface area contributed by atoms with Crippen molar-refractivity contribution in [2.75, 3.05) is 12.8 Å². The average molecular weight is 257 g/mol. The van der Waals surface area contributed by atoms with Crippen molar-refractivity contribution < 1.29 is 24.7 Å². The lowest BCUT2D eigenvalue weighted by Crippen LogP contribution is -2.29. The number of nitrogens with zero attached hydrogens (tertiary/aromatic N) is 2. The van der Waals surface area contributed by atoms with Gasteiger partial charge in [-0.15, -0.1) is 0 Å². The van der Waals surface area contributed by atoms with Gasteiger partial charge in [0.15, 0.2) is 6.10 Å². The van der Waals surface area contributed by atoms with E-state index in [1.807, 2.05) is 0 Å². The van der Waals surface area contributed by atoms with Crippen molar-refractivity contribution >= 4 is 17.5 Å². The minimum absolute atomic E-state index is 0.220. The van der Waals surface area contributed by atoms with Crippen molar-refractivity contribution in [1.29, 1.82) is 0 Å². The second-order valence-corrected chi connectivity index (χ2v) is 3.34. The van der Waals surface area contributed by atoms with E-state index in [1.54, 1.807) is 0 Å². The molecule has 9 heteroatoms. The van der Waals surface area contributed by atoms with Crippen LogP contribution >= 0.6 is 0 Å². The first-order chi connectivity index (χ1) is 8.38. The molecule has 0 aliphatic carbocycles. The summed E-state index contributed by atoms with van der Waals surface area (Å²) in [6.07, 6.45) is -2.76. The molecule has 4 N–H and O–H groups in total. The number of nitro groups is 1. The van der Waals surface area contributed by atoms with Crippen molar-refractivity contribution in [2.24, 2.45) is 0 Å². The molecule has 0 bridgehead atoms. The van der Waals surface area contributed by atoms with E-state index in [0.29, 0.717) is 0 Å². The van der Waals surface area contributed by atoms with E-state index in [2.05, 4.69) is 9.72 Å². The van der Waals surface area contributed by atoms with Gasteiger partial charge in [0.1, 0.15) is 18.1 Å². The summed E-state index contributed by atoms with van der Waals surface area (Å²) in [6.45, 7) is 0. The van der Waals surface area contributed by atoms with Crippen LogP contribution in [0, 0.1) is 10.1 Å². The van der Waals surface area contributed by atoms with Gasteiger partial charge >= 0.3 is 5.97 Å². The normalized spacial score (nSPS) is 13.7. The number of methoxy groups -OCH3 is 1. The highest BCUT2D eigenvalue weighted by molar-refractivity contribution is 5.75. The largest absolute Gasteiger partial charge is 0.467 e. The highest BCUT2D eigenvalue weighted by atomic mass is 16.6. The van der Waals surface area contributed by atoms with Gasteiger partial charge in [-0.1, -0.05) is 0 Å². The molecule has 0 amide bonds. The number of carbonyl (C=O) groups excluding carboxylic acids is 1. The topological polar surface area (TPSA) is 149 Å². The van der Waals surface area contributed by atoms with Gasteiger partial charge in [0, 0.05) is 11.6 Å². The van der Waals surface area contributed by atoms with E-state index < -0.39 is 28.8 Å². The molecule has 0 saturated carbocycles. The summed E-state index contributed by atoms with van der Waals surface area (Å²) in [7, 11) is 1.02. The third-order valence-electron chi connectivity index (χ3n) is 2.21. The highest BCUT2D eigenvalue weighted by Crippen LogP contribution is 2.25. The van der Waals surface area contributed by atoms with E-state index in [0.717, 1.165) is 19.4 Å². The molecule has 2 unspecified atom stereocenters. The van der Waals surface area contributed by atoms with Gasteiger partial charge < -0.3 is 20.7 Å². The summed E-state index contributed by atoms with van der Waals surface area (Å²) in [5.74, 6) is -1.32. The Morgan fingerprint density at radius 3 is 2.72 bits per heavy atom. The zero-order valence-corrected chi connectivity index (χ0v) is 9.31. The van der Waals surface area contributed by atoms with Crippen LogP contribution in [0.1, 0.15) is 11.7 Å². The molecule has 9 nitrogen and oxygen atoms in total. The smallest absolute Gasteiger partial charge is 0.337 e. The highest BCUT2D eigenvalue weighted by Gasteiger charge is 2.29. The van der Waals surface area contributed by atoms with E-state index in [-0.39, 0.29) is 11.4 Å². The number of nitrogens with two attached hydrogens (primary N) is 1. The maximum absolute atomic E-state index is 11.0. The van der Waals surface area contributed by atoms with Gasteiger partial charge in [0.2, 0.25) is 0 Å². The molecule has 0 aromatic carbocycles. The van der Waals surface area contributed by atoms with Gasteiger partial charge in [-0.3, -0.25) is 10.1 Å². The molecule has 0 aliphatic rings. The van der Waals surface area contributed by atoms with Crippen LogP contribution in [-0.2, 0) is 9.53 Å². The van der Waals surface area contributed by atoms with Crippen LogP contribution in [0.2, 0.25) is 0 Å². The van der Waals surface area contributed by atoms with E-state index in [9.17, 15) is 25.1 Å². The van der Waals surface area contributed by atoms with Gasteiger partial charge in [-0.25, -0.2) is 9.78 Å². The lowest BCUT2D eigenvalue weighted by atomic mass is 10.0. The standard InChI is InChI=1S/C9H11N3O6/c1-18-9(15)7(14)6(13)5-2-4(12(16)17)3-11-8(5)10/h2-3,6-7,13-14H,1H3,(H2,10,11). The van der Waals surface area contributed by atoms with Crippen molar-refractivity contribution in [3.05, 3.63) is 27.9 Å². The summed E-state index contributed by atoms with van der Waals surface area (Å²) >= 11 is 0. The maximum Gasteiger partial charge on any atom is 0.337 e. The first kappa shape index (κ1) is 13.8. The molecule has 2 atom stereocenters. The molecule has 18 heavy (non-hydrogen) atoms. The first-order valence-electron chi connectivity index (χ1n) is 4.72. The monoisotopic (exact) mass is 257 g/mol. The molecule has 1 aromatic rings. The quantitative estimate of drug-likeness (QED) is 0.358. The fourth-order valence-corrected chi connectivity index (χ4v) is 1.24. The van der Waals surface area contributed by atoms with Crippen LogP contribution in [0.3, 0.4) is 0 Å². The predicted octanol–water partition coefficient (Wildman–Crippen LogP) is -0.861. The van der Waals surface area contributed by atoms with Crippen LogP contribution in [0.4, 0.5) is 11.5 Å². The number of ether oxygens (including phenoxy) is 1. The fraction of sp³-hybridized carbons (Fsp3) is 0.333. The van der Waals surface area contributed by atoms with Crippen molar-refractivity contribution in [3.63, 3.8) is 0 Å². The summed E-state index contributed by atoms with van der Waals surface area (Å²) in [5.41, 5.74) is 4.77. The van der Waals surface area contributed by atoms with E-state index >= 15 is 0 Å². The second-order valence-electron chi connectivity index (χ2n) is 3.34. The van der Waals surface area contributed by atoms with Crippen LogP contribution in [-0.4, -0.2) is 39.3 Å². The number of pyridine rings is 1. The number of aliphatic hydroxyl groups excluding tert-OH is 2. The SMILES string of the molecule is COC(=O)C(O)C(O)c1cc([N+](=O)[O-])cnc1N. The number of carbonyl (C=O) groups is 1. The molecule has 1 rings (SSSR count). The minimum Gasteiger partial charge on any atom is -0.467 e. The van der Waals surface area contributed by atoms with Crippen LogP contribution in [0.5, 0.6) is 0 Å². The number of esters is 1. The van der Waals surface area contributed by atoms with Crippen LogP contribution in [0.25, 0.3) is 0 Å². The number of rotatable bonds is 4. The number of aliphatic hydroxyl groups is 2. The zero-order chi connectivity index (χ0) is 13.9. The maximum atomic E-state index is 11.0. The van der Waals surface area contributed by atoms with Gasteiger partial charge in [-0.05, 0) is 0 Å². The Bertz CT molecular complexity index is 477. The number of hydrogen-bond acceptors (Lipinski definition) is 8. The third-order valence-corrected chi connectivity index (χ3v) is 2.21. The summed E-state index contributed by atoms with van der Waals surface area (Å²) in [4.78, 5) is 24.3. The molecule has 0 spiro atoms. The number of anilines is 1. The Morgan fingerprint density at radius 1 is 1.61 bits per heavy atom. The molecule has 0 fully saturated rings. The molecule has 1 heterocycles. The lowest BCUT2D eigenvalue weighted by Gasteiger charge is -2.16. The van der Waals surface area contributed by atoms with Gasteiger partial charge in [0.05, 0.1) is 12.0 Å². The van der Waals surface area contributed by atoms with Crippen molar-refractivity contribution in [3.8, 4) is 0 Å². The lowest BCUT2D eigenvalue weighted by molar-refractivity contribution is -0.385. The Labute approximate surface area is 101 Å². The van der Waals surface area contributed by atoms with Gasteiger partial charge in [0.25, 0.3) is 5.69 Å². The second kappa shape index (κ2) is 5.38. The Hall–Kier alpha value is -2.26. The molecule has 98 valence electrons. The average Bonchev–Trinajstić information content (AvgIpc) is 2.36. The minimum atomic E-state index is -1.90. The Kier molecular flexibility index (Phi) is 4.13. The molecule has 0 radical (unpaired) electrons. The van der Waals surface area contributed by atoms with E-state index in [1.165, 1.54) is 0 Å². The Morgan fingerprint density at radius 2 is 2.22 bits per heavy atom. The van der Waals surface area contributed by atoms with Crippen LogP contribution in [0.15, 0.2) is 12.3 Å². The molecule has 1 aromatic heterocycles. The Balaban J connectivity index is 3.11. The molecular weight excluding hydrogens is 246 g/mol. The third kappa shape index (κ3) is 2.70. The van der Waals surface area contributed by atoms with Crippen LogP contribution < -0.4 is 5.73 Å². The number of nitrogen functional groups attached to an aromatic ring is 1. The van der Waals surface area contributed by atoms with Crippen molar-refractivity contribution in [1.82, 2.24) is 4.98 Å². The summed E-state index contributed by atoms with van der Waals surface area (Å²) in [5, 5.41) is 29.6. The summed E-state index contributed by atoms with van der Waals surface area (Å²) in [6, 6.07) is 0.930. The van der Waals surface area contributed by atoms with Crippen molar-refractivity contribution in [2.45, 2.75) is 12.2 Å². The first-order valence-corrected chi connectivity index (χ1v) is 4.72. The molecule has 0 aliphatic heterocycles. The van der Waals surface area contributed by atoms with Gasteiger partial charge in [-0.2, -0.15) is 0 Å². The number of aromatic nitrogens is 1. The fourth-order valence-electron chi connectivity index (χ4n) is 1.24. The van der Waals surface area contributed by atoms with E-state index in [4.69, 9.17) is 5.73 Å². The molecular formula is C9H11N3O6.